The number of hydrogen-bond donors (Lipinski definition) is 2. The second-order valence-electron chi connectivity index (χ2n) is 8.11. The van der Waals surface area contributed by atoms with Crippen LogP contribution in [-0.2, 0) is 11.2 Å². The lowest BCUT2D eigenvalue weighted by atomic mass is 9.83. The molecule has 0 aromatic carbocycles. The summed E-state index contributed by atoms with van der Waals surface area (Å²) in [5.41, 5.74) is 9.04. The van der Waals surface area contributed by atoms with Gasteiger partial charge in [0.05, 0.1) is 10.7 Å². The molecule has 1 saturated carbocycles. The lowest BCUT2D eigenvalue weighted by Gasteiger charge is -2.25. The molecule has 0 spiro atoms. The molecule has 0 atom stereocenters. The topological polar surface area (TPSA) is 73.1 Å². The van der Waals surface area contributed by atoms with Crippen LogP contribution in [0.25, 0.3) is 11.3 Å². The van der Waals surface area contributed by atoms with Crippen molar-refractivity contribution in [1.29, 1.82) is 0 Å². The average molecular weight is 421 g/mol. The molecule has 7 heteroatoms. The summed E-state index contributed by atoms with van der Waals surface area (Å²) in [6.45, 7) is 2.70. The summed E-state index contributed by atoms with van der Waals surface area (Å²) in [5, 5.41) is 7.19. The van der Waals surface area contributed by atoms with Gasteiger partial charge in [0, 0.05) is 48.6 Å². The first-order valence-electron chi connectivity index (χ1n) is 10.3. The van der Waals surface area contributed by atoms with E-state index in [1.54, 1.807) is 17.5 Å². The molecule has 3 heterocycles. The number of anilines is 1. The Balaban J connectivity index is 1.40. The van der Waals surface area contributed by atoms with Crippen molar-refractivity contribution in [1.82, 2.24) is 9.97 Å². The van der Waals surface area contributed by atoms with Crippen molar-refractivity contribution in [3.8, 4) is 11.3 Å². The number of hydrogen-bond acceptors (Lipinski definition) is 6. The zero-order valence-electron chi connectivity index (χ0n) is 16.2. The molecule has 0 bridgehead atoms. The van der Waals surface area contributed by atoms with Crippen LogP contribution >= 0.6 is 22.9 Å². The minimum absolute atomic E-state index is 0.382. The fourth-order valence-electron chi connectivity index (χ4n) is 4.14. The monoisotopic (exact) mass is 420 g/mol. The lowest BCUT2D eigenvalue weighted by molar-refractivity contribution is 0.0699. The number of halogens is 1. The van der Waals surface area contributed by atoms with Gasteiger partial charge in [0.25, 0.3) is 0 Å². The van der Waals surface area contributed by atoms with Crippen LogP contribution in [0.4, 0.5) is 5.13 Å². The molecule has 2 aromatic heterocycles. The van der Waals surface area contributed by atoms with Crippen LogP contribution < -0.4 is 11.1 Å². The fourth-order valence-corrected chi connectivity index (χ4v) is 5.06. The van der Waals surface area contributed by atoms with Crippen molar-refractivity contribution in [3.63, 3.8) is 0 Å². The first kappa shape index (κ1) is 20.1. The van der Waals surface area contributed by atoms with Crippen LogP contribution in [0.5, 0.6) is 0 Å². The maximum atomic E-state index is 6.45. The summed E-state index contributed by atoms with van der Waals surface area (Å²) >= 11 is 8.09. The van der Waals surface area contributed by atoms with Crippen molar-refractivity contribution in [2.75, 3.05) is 25.1 Å². The third-order valence-electron chi connectivity index (χ3n) is 5.96. The van der Waals surface area contributed by atoms with Gasteiger partial charge in [-0.1, -0.05) is 11.6 Å². The molecule has 0 radical (unpaired) electrons. The number of nitrogens with one attached hydrogen (secondary N) is 1. The molecule has 2 aromatic rings. The van der Waals surface area contributed by atoms with E-state index in [4.69, 9.17) is 27.1 Å². The van der Waals surface area contributed by atoms with E-state index in [9.17, 15) is 0 Å². The Morgan fingerprint density at radius 1 is 1.14 bits per heavy atom. The van der Waals surface area contributed by atoms with Gasteiger partial charge in [0.1, 0.15) is 0 Å². The van der Waals surface area contributed by atoms with Gasteiger partial charge in [-0.05, 0) is 62.8 Å². The number of pyridine rings is 1. The van der Waals surface area contributed by atoms with E-state index in [0.717, 1.165) is 73.9 Å². The van der Waals surface area contributed by atoms with E-state index in [1.807, 2.05) is 0 Å². The standard InChI is InChI=1S/C21H29ClN4OS/c22-19-12-24-17(9-14-1-3-16(23)4-2-14)10-18(19)20-13-28-21(26-20)25-11-15-5-7-27-8-6-15/h10,12-16H,1-9,11,23H2,(H,25,26). The van der Waals surface area contributed by atoms with Crippen molar-refractivity contribution >= 4 is 28.1 Å². The molecule has 28 heavy (non-hydrogen) atoms. The Hall–Kier alpha value is -1.21. The van der Waals surface area contributed by atoms with Crippen molar-refractivity contribution in [2.24, 2.45) is 17.6 Å². The predicted octanol–water partition coefficient (Wildman–Crippen LogP) is 4.76. The van der Waals surface area contributed by atoms with E-state index in [0.29, 0.717) is 22.9 Å². The van der Waals surface area contributed by atoms with Crippen LogP contribution in [0.2, 0.25) is 5.02 Å². The van der Waals surface area contributed by atoms with E-state index in [2.05, 4.69) is 21.7 Å². The van der Waals surface area contributed by atoms with E-state index >= 15 is 0 Å². The highest BCUT2D eigenvalue weighted by Gasteiger charge is 2.20. The summed E-state index contributed by atoms with van der Waals surface area (Å²) in [6, 6.07) is 2.50. The predicted molar refractivity (Wildman–Crippen MR) is 116 cm³/mol. The molecule has 4 rings (SSSR count). The quantitative estimate of drug-likeness (QED) is 0.704. The van der Waals surface area contributed by atoms with Crippen LogP contribution in [0.1, 0.15) is 44.2 Å². The van der Waals surface area contributed by atoms with Gasteiger partial charge in [0.2, 0.25) is 0 Å². The minimum atomic E-state index is 0.382. The highest BCUT2D eigenvalue weighted by molar-refractivity contribution is 7.14. The molecular weight excluding hydrogens is 392 g/mol. The molecule has 5 nitrogen and oxygen atoms in total. The Kier molecular flexibility index (Phi) is 6.83. The van der Waals surface area contributed by atoms with Gasteiger partial charge >= 0.3 is 0 Å². The maximum Gasteiger partial charge on any atom is 0.183 e. The summed E-state index contributed by atoms with van der Waals surface area (Å²) in [6.07, 6.45) is 9.65. The molecule has 2 fully saturated rings. The minimum Gasteiger partial charge on any atom is -0.381 e. The van der Waals surface area contributed by atoms with Gasteiger partial charge in [-0.3, -0.25) is 4.98 Å². The third kappa shape index (κ3) is 5.23. The second-order valence-corrected chi connectivity index (χ2v) is 9.38. The SMILES string of the molecule is NC1CCC(Cc2cc(-c3csc(NCC4CCOCC4)n3)c(Cl)cn2)CC1. The number of nitrogens with two attached hydrogens (primary N) is 1. The Morgan fingerprint density at radius 3 is 2.71 bits per heavy atom. The zero-order valence-corrected chi connectivity index (χ0v) is 17.8. The molecular formula is C21H29ClN4OS. The number of nitrogens with zero attached hydrogens (tertiary/aromatic N) is 2. The van der Waals surface area contributed by atoms with Gasteiger partial charge in [-0.2, -0.15) is 0 Å². The molecule has 1 saturated heterocycles. The van der Waals surface area contributed by atoms with Gasteiger partial charge in [-0.15, -0.1) is 11.3 Å². The molecule has 1 aliphatic carbocycles. The van der Waals surface area contributed by atoms with Crippen LogP contribution in [0, 0.1) is 11.8 Å². The summed E-state index contributed by atoms with van der Waals surface area (Å²) in [5.74, 6) is 1.34. The molecule has 0 amide bonds. The number of aromatic nitrogens is 2. The third-order valence-corrected chi connectivity index (χ3v) is 7.07. The maximum absolute atomic E-state index is 6.45. The van der Waals surface area contributed by atoms with E-state index in [-0.39, 0.29) is 0 Å². The largest absolute Gasteiger partial charge is 0.381 e. The van der Waals surface area contributed by atoms with Crippen molar-refractivity contribution in [3.05, 3.63) is 28.4 Å². The van der Waals surface area contributed by atoms with Gasteiger partial charge in [-0.25, -0.2) is 4.98 Å². The molecule has 3 N–H and O–H groups in total. The lowest BCUT2D eigenvalue weighted by Crippen LogP contribution is -2.27. The Morgan fingerprint density at radius 2 is 1.93 bits per heavy atom. The van der Waals surface area contributed by atoms with E-state index < -0.39 is 0 Å². The molecule has 1 aliphatic heterocycles. The van der Waals surface area contributed by atoms with Crippen LogP contribution in [0.3, 0.4) is 0 Å². The smallest absolute Gasteiger partial charge is 0.183 e. The average Bonchev–Trinajstić information content (AvgIpc) is 3.19. The summed E-state index contributed by atoms with van der Waals surface area (Å²) in [4.78, 5) is 9.34. The second kappa shape index (κ2) is 9.53. The van der Waals surface area contributed by atoms with E-state index in [1.165, 1.54) is 12.8 Å². The van der Waals surface area contributed by atoms with Crippen LogP contribution in [0.15, 0.2) is 17.6 Å². The normalized spacial score (nSPS) is 23.6. The highest BCUT2D eigenvalue weighted by atomic mass is 35.5. The zero-order chi connectivity index (χ0) is 19.3. The van der Waals surface area contributed by atoms with Gasteiger partial charge in [0.15, 0.2) is 5.13 Å². The molecule has 0 unspecified atom stereocenters. The summed E-state index contributed by atoms with van der Waals surface area (Å²) in [7, 11) is 0. The van der Waals surface area contributed by atoms with Crippen molar-refractivity contribution < 1.29 is 4.74 Å². The fraction of sp³-hybridized carbons (Fsp3) is 0.619. The first-order valence-corrected chi connectivity index (χ1v) is 11.6. The summed E-state index contributed by atoms with van der Waals surface area (Å²) < 4.78 is 5.43. The van der Waals surface area contributed by atoms with Crippen LogP contribution in [-0.4, -0.2) is 35.8 Å². The Bertz CT molecular complexity index is 770. The number of thiazole rings is 1. The number of rotatable bonds is 6. The van der Waals surface area contributed by atoms with Crippen molar-refractivity contribution in [2.45, 2.75) is 51.0 Å². The number of ether oxygens (including phenoxy) is 1. The Labute approximate surface area is 176 Å². The molecule has 2 aliphatic rings. The van der Waals surface area contributed by atoms with Gasteiger partial charge < -0.3 is 15.8 Å². The first-order chi connectivity index (χ1) is 13.7. The highest BCUT2D eigenvalue weighted by Crippen LogP contribution is 2.33. The molecule has 152 valence electrons.